The summed E-state index contributed by atoms with van der Waals surface area (Å²) < 4.78 is 37.5. The molecule has 0 aromatic carbocycles. The first-order chi connectivity index (χ1) is 8.72. The van der Waals surface area contributed by atoms with Gasteiger partial charge in [0.25, 0.3) is 0 Å². The minimum absolute atomic E-state index is 0.0518. The first-order valence-corrected chi connectivity index (χ1v) is 6.70. The fraction of sp³-hybridized carbons (Fsp3) is 0.583. The minimum atomic E-state index is -4.45. The third kappa shape index (κ3) is 4.42. The van der Waals surface area contributed by atoms with Gasteiger partial charge in [-0.15, -0.1) is 11.6 Å². The zero-order valence-corrected chi connectivity index (χ0v) is 12.1. The lowest BCUT2D eigenvalue weighted by Gasteiger charge is -2.30. The van der Waals surface area contributed by atoms with Crippen molar-refractivity contribution in [2.75, 3.05) is 11.2 Å². The fourth-order valence-electron chi connectivity index (χ4n) is 1.51. The molecule has 1 N–H and O–H groups in total. The maximum atomic E-state index is 12.5. The molecule has 19 heavy (non-hydrogen) atoms. The molecule has 0 saturated carbocycles. The van der Waals surface area contributed by atoms with E-state index in [0.717, 1.165) is 18.7 Å². The third-order valence-corrected chi connectivity index (χ3v) is 3.49. The van der Waals surface area contributed by atoms with Crippen LogP contribution in [-0.4, -0.2) is 16.4 Å². The summed E-state index contributed by atoms with van der Waals surface area (Å²) in [4.78, 5) is 3.75. The van der Waals surface area contributed by atoms with Crippen LogP contribution in [0.4, 0.5) is 19.0 Å². The molecule has 0 amide bonds. The molecule has 0 saturated heterocycles. The molecule has 2 nitrogen and oxygen atoms in total. The van der Waals surface area contributed by atoms with Gasteiger partial charge in [-0.1, -0.05) is 18.5 Å². The van der Waals surface area contributed by atoms with E-state index >= 15 is 0 Å². The predicted octanol–water partition coefficient (Wildman–Crippen LogP) is 4.96. The Morgan fingerprint density at radius 3 is 2.42 bits per heavy atom. The molecule has 1 atom stereocenters. The van der Waals surface area contributed by atoms with Crippen LogP contribution < -0.4 is 5.32 Å². The summed E-state index contributed by atoms with van der Waals surface area (Å²) in [5, 5.41) is 3.01. The molecular weight excluding hydrogens is 300 g/mol. The number of pyridine rings is 1. The van der Waals surface area contributed by atoms with Crippen LogP contribution in [0.25, 0.3) is 0 Å². The van der Waals surface area contributed by atoms with Crippen molar-refractivity contribution in [1.82, 2.24) is 4.98 Å². The number of alkyl halides is 4. The summed E-state index contributed by atoms with van der Waals surface area (Å²) >= 11 is 11.6. The standard InChI is InChI=1S/C12H15Cl2F3N2/c1-3-11(2,4-5-13)19-10-9(14)6-8(7-18-10)12(15,16)17/h6-7H,3-5H2,1-2H3,(H,18,19). The van der Waals surface area contributed by atoms with Crippen LogP contribution in [0.2, 0.25) is 5.02 Å². The van der Waals surface area contributed by atoms with E-state index in [1.54, 1.807) is 0 Å². The highest BCUT2D eigenvalue weighted by Crippen LogP contribution is 2.33. The molecule has 0 bridgehead atoms. The number of hydrogen-bond donors (Lipinski definition) is 1. The van der Waals surface area contributed by atoms with E-state index in [-0.39, 0.29) is 16.4 Å². The Bertz CT molecular complexity index is 437. The molecule has 108 valence electrons. The lowest BCUT2D eigenvalue weighted by Crippen LogP contribution is -2.35. The van der Waals surface area contributed by atoms with Crippen molar-refractivity contribution in [3.63, 3.8) is 0 Å². The number of aromatic nitrogens is 1. The quantitative estimate of drug-likeness (QED) is 0.777. The van der Waals surface area contributed by atoms with Crippen LogP contribution in [0.5, 0.6) is 0 Å². The van der Waals surface area contributed by atoms with E-state index in [0.29, 0.717) is 12.3 Å². The molecule has 1 rings (SSSR count). The Morgan fingerprint density at radius 2 is 2.00 bits per heavy atom. The van der Waals surface area contributed by atoms with E-state index in [4.69, 9.17) is 23.2 Å². The lowest BCUT2D eigenvalue weighted by atomic mass is 9.95. The SMILES string of the molecule is CCC(C)(CCCl)Nc1ncc(C(F)(F)F)cc1Cl. The number of nitrogens with one attached hydrogen (secondary N) is 1. The second-order valence-corrected chi connectivity index (χ2v) is 5.32. The molecule has 1 unspecified atom stereocenters. The second-order valence-electron chi connectivity index (χ2n) is 4.53. The van der Waals surface area contributed by atoms with Gasteiger partial charge in [-0.2, -0.15) is 13.2 Å². The van der Waals surface area contributed by atoms with Gasteiger partial charge in [-0.25, -0.2) is 4.98 Å². The Kier molecular flexibility index (Phi) is 5.33. The van der Waals surface area contributed by atoms with Crippen LogP contribution >= 0.6 is 23.2 Å². The molecule has 0 radical (unpaired) electrons. The molecule has 1 aromatic heterocycles. The zero-order chi connectivity index (χ0) is 14.7. The topological polar surface area (TPSA) is 24.9 Å². The summed E-state index contributed by atoms with van der Waals surface area (Å²) in [6, 6.07) is 0.869. The van der Waals surface area contributed by atoms with Gasteiger partial charge >= 0.3 is 6.18 Å². The normalized spacial score (nSPS) is 15.1. The summed E-state index contributed by atoms with van der Waals surface area (Å²) in [6.07, 6.45) is -2.27. The van der Waals surface area contributed by atoms with Gasteiger partial charge in [0, 0.05) is 17.6 Å². The molecule has 1 heterocycles. The summed E-state index contributed by atoms with van der Waals surface area (Å²) in [5.74, 6) is 0.680. The van der Waals surface area contributed by atoms with Crippen LogP contribution in [0, 0.1) is 0 Å². The highest BCUT2D eigenvalue weighted by molar-refractivity contribution is 6.33. The Balaban J connectivity index is 2.97. The van der Waals surface area contributed by atoms with E-state index in [2.05, 4.69) is 10.3 Å². The van der Waals surface area contributed by atoms with Crippen LogP contribution in [0.3, 0.4) is 0 Å². The average molecular weight is 315 g/mol. The Morgan fingerprint density at radius 1 is 1.37 bits per heavy atom. The lowest BCUT2D eigenvalue weighted by molar-refractivity contribution is -0.137. The maximum absolute atomic E-state index is 12.5. The van der Waals surface area contributed by atoms with Gasteiger partial charge in [-0.3, -0.25) is 0 Å². The van der Waals surface area contributed by atoms with E-state index in [1.807, 2.05) is 13.8 Å². The van der Waals surface area contributed by atoms with Crippen molar-refractivity contribution >= 4 is 29.0 Å². The largest absolute Gasteiger partial charge is 0.417 e. The highest BCUT2D eigenvalue weighted by atomic mass is 35.5. The number of anilines is 1. The first-order valence-electron chi connectivity index (χ1n) is 5.79. The van der Waals surface area contributed by atoms with E-state index in [9.17, 15) is 13.2 Å². The van der Waals surface area contributed by atoms with Crippen molar-refractivity contribution in [3.05, 3.63) is 22.8 Å². The second kappa shape index (κ2) is 6.18. The van der Waals surface area contributed by atoms with Gasteiger partial charge < -0.3 is 5.32 Å². The maximum Gasteiger partial charge on any atom is 0.417 e. The van der Waals surface area contributed by atoms with E-state index in [1.165, 1.54) is 0 Å². The Hall–Kier alpha value is -0.680. The number of halogens is 5. The summed E-state index contributed by atoms with van der Waals surface area (Å²) in [6.45, 7) is 3.88. The summed E-state index contributed by atoms with van der Waals surface area (Å²) in [7, 11) is 0. The zero-order valence-electron chi connectivity index (χ0n) is 10.6. The molecule has 0 fully saturated rings. The van der Waals surface area contributed by atoms with Gasteiger partial charge in [0.1, 0.15) is 5.82 Å². The number of nitrogens with zero attached hydrogens (tertiary/aromatic N) is 1. The number of hydrogen-bond acceptors (Lipinski definition) is 2. The van der Waals surface area contributed by atoms with Gasteiger partial charge in [0.2, 0.25) is 0 Å². The predicted molar refractivity (Wildman–Crippen MR) is 71.9 cm³/mol. The van der Waals surface area contributed by atoms with Crippen molar-refractivity contribution < 1.29 is 13.2 Å². The monoisotopic (exact) mass is 314 g/mol. The van der Waals surface area contributed by atoms with Crippen LogP contribution in [-0.2, 0) is 6.18 Å². The average Bonchev–Trinajstić information content (AvgIpc) is 2.31. The van der Waals surface area contributed by atoms with Crippen LogP contribution in [0.1, 0.15) is 32.3 Å². The molecular formula is C12H15Cl2F3N2. The van der Waals surface area contributed by atoms with Crippen molar-refractivity contribution in [2.24, 2.45) is 0 Å². The molecule has 1 aromatic rings. The van der Waals surface area contributed by atoms with Gasteiger partial charge in [0.05, 0.1) is 10.6 Å². The van der Waals surface area contributed by atoms with Crippen molar-refractivity contribution in [3.8, 4) is 0 Å². The van der Waals surface area contributed by atoms with Gasteiger partial charge in [0.15, 0.2) is 0 Å². The molecule has 7 heteroatoms. The first kappa shape index (κ1) is 16.4. The van der Waals surface area contributed by atoms with Crippen molar-refractivity contribution in [2.45, 2.75) is 38.4 Å². The third-order valence-electron chi connectivity index (χ3n) is 3.02. The fourth-order valence-corrected chi connectivity index (χ4v) is 2.14. The molecule has 0 aliphatic rings. The molecule has 0 spiro atoms. The smallest absolute Gasteiger partial charge is 0.364 e. The number of rotatable bonds is 5. The molecule has 0 aliphatic carbocycles. The molecule has 0 aliphatic heterocycles. The van der Waals surface area contributed by atoms with E-state index < -0.39 is 11.7 Å². The van der Waals surface area contributed by atoms with Crippen molar-refractivity contribution in [1.29, 1.82) is 0 Å². The Labute approximate surface area is 120 Å². The summed E-state index contributed by atoms with van der Waals surface area (Å²) in [5.41, 5.74) is -1.21. The highest BCUT2D eigenvalue weighted by Gasteiger charge is 2.32. The van der Waals surface area contributed by atoms with Gasteiger partial charge in [-0.05, 0) is 25.8 Å². The minimum Gasteiger partial charge on any atom is -0.364 e. The van der Waals surface area contributed by atoms with Crippen LogP contribution in [0.15, 0.2) is 12.3 Å².